The van der Waals surface area contributed by atoms with E-state index in [2.05, 4.69) is 21.2 Å². The van der Waals surface area contributed by atoms with Crippen molar-refractivity contribution in [3.05, 3.63) is 46.5 Å². The number of fused-ring (bicyclic) bond motifs is 1. The molecule has 7 nitrogen and oxygen atoms in total. The topological polar surface area (TPSA) is 86.8 Å². The second-order valence-electron chi connectivity index (χ2n) is 7.68. The van der Waals surface area contributed by atoms with E-state index in [1.807, 2.05) is 36.4 Å². The predicted molar refractivity (Wildman–Crippen MR) is 115 cm³/mol. The van der Waals surface area contributed by atoms with Gasteiger partial charge in [0.2, 0.25) is 23.6 Å². The zero-order valence-corrected chi connectivity index (χ0v) is 18.7. The predicted octanol–water partition coefficient (Wildman–Crippen LogP) is 2.25. The highest BCUT2D eigenvalue weighted by Gasteiger charge is 2.47. The van der Waals surface area contributed by atoms with Crippen molar-refractivity contribution in [3.8, 4) is 0 Å². The van der Waals surface area contributed by atoms with Crippen LogP contribution in [0.15, 0.2) is 40.9 Å². The summed E-state index contributed by atoms with van der Waals surface area (Å²) in [5.74, 6) is -1.55. The molecule has 30 heavy (non-hydrogen) atoms. The fraction of sp³-hybridized carbons (Fsp3) is 0.455. The minimum atomic E-state index is -0.682. The van der Waals surface area contributed by atoms with E-state index in [9.17, 15) is 19.2 Å². The molecule has 160 valence electrons. The molecule has 0 saturated carbocycles. The summed E-state index contributed by atoms with van der Waals surface area (Å²) < 4.78 is 0.879. The molecular weight excluding hydrogens is 450 g/mol. The Morgan fingerprint density at radius 3 is 2.40 bits per heavy atom. The van der Waals surface area contributed by atoms with Crippen LogP contribution in [0.25, 0.3) is 0 Å². The van der Waals surface area contributed by atoms with Crippen LogP contribution in [0.2, 0.25) is 0 Å². The number of allylic oxidation sites excluding steroid dienone is 2. The molecule has 1 fully saturated rings. The van der Waals surface area contributed by atoms with E-state index in [1.165, 1.54) is 16.8 Å². The quantitative estimate of drug-likeness (QED) is 0.483. The van der Waals surface area contributed by atoms with Gasteiger partial charge in [0.1, 0.15) is 6.04 Å². The number of imide groups is 1. The number of halogens is 1. The lowest BCUT2D eigenvalue weighted by Crippen LogP contribution is -2.47. The van der Waals surface area contributed by atoms with Gasteiger partial charge in [-0.25, -0.2) is 0 Å². The number of rotatable bonds is 7. The van der Waals surface area contributed by atoms with E-state index in [0.717, 1.165) is 10.0 Å². The van der Waals surface area contributed by atoms with E-state index in [-0.39, 0.29) is 55.0 Å². The van der Waals surface area contributed by atoms with Crippen molar-refractivity contribution in [1.29, 1.82) is 0 Å². The van der Waals surface area contributed by atoms with Gasteiger partial charge < -0.3 is 10.2 Å². The fourth-order valence-corrected chi connectivity index (χ4v) is 4.51. The van der Waals surface area contributed by atoms with Crippen molar-refractivity contribution in [2.24, 2.45) is 11.8 Å². The van der Waals surface area contributed by atoms with Gasteiger partial charge in [0.25, 0.3) is 0 Å². The molecule has 1 N–H and O–H groups in total. The van der Waals surface area contributed by atoms with Gasteiger partial charge in [0, 0.05) is 31.0 Å². The van der Waals surface area contributed by atoms with Crippen molar-refractivity contribution in [1.82, 2.24) is 15.1 Å². The monoisotopic (exact) mass is 475 g/mol. The lowest BCUT2D eigenvalue weighted by Gasteiger charge is -2.29. The Kier molecular flexibility index (Phi) is 7.07. The number of amides is 4. The maximum atomic E-state index is 13.1. The van der Waals surface area contributed by atoms with Crippen molar-refractivity contribution in [3.63, 3.8) is 0 Å². The maximum Gasteiger partial charge on any atom is 0.242 e. The average Bonchev–Trinajstić information content (AvgIpc) is 2.99. The number of nitrogens with one attached hydrogen (secondary N) is 1. The van der Waals surface area contributed by atoms with Crippen molar-refractivity contribution < 1.29 is 19.2 Å². The molecule has 8 heteroatoms. The molecule has 0 unspecified atom stereocenters. The van der Waals surface area contributed by atoms with Gasteiger partial charge in [0.15, 0.2) is 0 Å². The van der Waals surface area contributed by atoms with Crippen LogP contribution in [0.4, 0.5) is 0 Å². The Balaban J connectivity index is 1.70. The normalized spacial score (nSPS) is 21.4. The number of benzene rings is 1. The van der Waals surface area contributed by atoms with E-state index in [4.69, 9.17) is 0 Å². The number of carbonyl (C=O) groups is 4. The Morgan fingerprint density at radius 2 is 1.83 bits per heavy atom. The smallest absolute Gasteiger partial charge is 0.242 e. The van der Waals surface area contributed by atoms with Crippen LogP contribution in [-0.2, 0) is 25.7 Å². The molecule has 0 bridgehead atoms. The van der Waals surface area contributed by atoms with Gasteiger partial charge in [-0.05, 0) is 37.5 Å². The molecule has 1 aliphatic carbocycles. The molecule has 1 saturated heterocycles. The van der Waals surface area contributed by atoms with Crippen LogP contribution in [0.3, 0.4) is 0 Å². The molecule has 0 spiro atoms. The van der Waals surface area contributed by atoms with Crippen molar-refractivity contribution in [2.45, 2.75) is 38.8 Å². The van der Waals surface area contributed by atoms with E-state index in [1.54, 1.807) is 6.92 Å². The molecule has 3 rings (SSSR count). The number of nitrogens with zero attached hydrogens (tertiary/aromatic N) is 2. The molecule has 1 heterocycles. The molecule has 3 atom stereocenters. The molecule has 1 aromatic rings. The van der Waals surface area contributed by atoms with Gasteiger partial charge in [-0.3, -0.25) is 24.1 Å². The second kappa shape index (κ2) is 9.55. The molecule has 0 radical (unpaired) electrons. The van der Waals surface area contributed by atoms with E-state index in [0.29, 0.717) is 12.8 Å². The van der Waals surface area contributed by atoms with Crippen LogP contribution in [0.1, 0.15) is 31.7 Å². The first kappa shape index (κ1) is 22.2. The summed E-state index contributed by atoms with van der Waals surface area (Å²) in [6.45, 7) is 1.96. The second-order valence-corrected chi connectivity index (χ2v) is 8.59. The largest absolute Gasteiger partial charge is 0.357 e. The number of hydrogen-bond acceptors (Lipinski definition) is 4. The molecular formula is C22H26BrN3O4. The van der Waals surface area contributed by atoms with Crippen LogP contribution >= 0.6 is 15.9 Å². The SMILES string of the molecule is CNC(=O)[C@@H](C)N(Cc1cccc(Br)c1)C(=O)CCN1C(=O)[C@H]2CC=CC[C@H]2C1=O. The zero-order valence-electron chi connectivity index (χ0n) is 17.1. The first-order valence-corrected chi connectivity index (χ1v) is 10.9. The molecule has 1 aromatic carbocycles. The summed E-state index contributed by atoms with van der Waals surface area (Å²) in [6, 6.07) is 6.84. The fourth-order valence-electron chi connectivity index (χ4n) is 4.06. The summed E-state index contributed by atoms with van der Waals surface area (Å²) in [5, 5.41) is 2.57. The standard InChI is InChI=1S/C22H26BrN3O4/c1-14(20(28)24-2)26(13-15-6-5-7-16(23)12-15)19(27)10-11-25-21(29)17-8-3-4-9-18(17)22(25)30/h3-7,12,14,17-18H,8-11,13H2,1-2H3,(H,24,28)/t14-,17-,18+/m1/s1. The Bertz CT molecular complexity index is 859. The Labute approximate surface area is 184 Å². The van der Waals surface area contributed by atoms with Crippen LogP contribution in [0.5, 0.6) is 0 Å². The summed E-state index contributed by atoms with van der Waals surface area (Å²) >= 11 is 3.42. The molecule has 2 aliphatic rings. The summed E-state index contributed by atoms with van der Waals surface area (Å²) in [4.78, 5) is 53.2. The minimum absolute atomic E-state index is 0.0142. The molecule has 4 amide bonds. The van der Waals surface area contributed by atoms with Crippen molar-refractivity contribution >= 4 is 39.6 Å². The first-order chi connectivity index (χ1) is 14.3. The Hall–Kier alpha value is -2.48. The maximum absolute atomic E-state index is 13.1. The van der Waals surface area contributed by atoms with Gasteiger partial charge >= 0.3 is 0 Å². The van der Waals surface area contributed by atoms with E-state index < -0.39 is 6.04 Å². The third kappa shape index (κ3) is 4.64. The summed E-state index contributed by atoms with van der Waals surface area (Å²) in [7, 11) is 1.53. The third-order valence-corrected chi connectivity index (χ3v) is 6.30. The number of carbonyl (C=O) groups excluding carboxylic acids is 4. The number of likely N-dealkylation sites (tertiary alicyclic amines) is 1. The number of hydrogen-bond donors (Lipinski definition) is 1. The van der Waals surface area contributed by atoms with E-state index >= 15 is 0 Å². The highest BCUT2D eigenvalue weighted by atomic mass is 79.9. The van der Waals surface area contributed by atoms with Crippen LogP contribution in [-0.4, -0.2) is 53.1 Å². The summed E-state index contributed by atoms with van der Waals surface area (Å²) in [5.41, 5.74) is 0.874. The minimum Gasteiger partial charge on any atom is -0.357 e. The highest BCUT2D eigenvalue weighted by molar-refractivity contribution is 9.10. The Morgan fingerprint density at radius 1 is 1.20 bits per heavy atom. The molecule has 1 aliphatic heterocycles. The van der Waals surface area contributed by atoms with Gasteiger partial charge in [-0.15, -0.1) is 0 Å². The highest BCUT2D eigenvalue weighted by Crippen LogP contribution is 2.35. The van der Waals surface area contributed by atoms with Gasteiger partial charge in [-0.2, -0.15) is 0 Å². The van der Waals surface area contributed by atoms with Gasteiger partial charge in [0.05, 0.1) is 11.8 Å². The zero-order chi connectivity index (χ0) is 21.8. The van der Waals surface area contributed by atoms with Crippen LogP contribution in [0, 0.1) is 11.8 Å². The lowest BCUT2D eigenvalue weighted by molar-refractivity contribution is -0.143. The third-order valence-electron chi connectivity index (χ3n) is 5.80. The number of likely N-dealkylation sites (N-methyl/N-ethyl adjacent to an activating group) is 1. The molecule has 0 aromatic heterocycles. The van der Waals surface area contributed by atoms with Crippen LogP contribution < -0.4 is 5.32 Å². The first-order valence-electron chi connectivity index (χ1n) is 10.1. The summed E-state index contributed by atoms with van der Waals surface area (Å²) in [6.07, 6.45) is 5.00. The average molecular weight is 476 g/mol. The lowest BCUT2D eigenvalue weighted by atomic mass is 9.85. The van der Waals surface area contributed by atoms with Gasteiger partial charge in [-0.1, -0.05) is 40.2 Å². The van der Waals surface area contributed by atoms with Crippen molar-refractivity contribution in [2.75, 3.05) is 13.6 Å².